The van der Waals surface area contributed by atoms with Crippen molar-refractivity contribution in [2.75, 3.05) is 0 Å². The molecule has 4 heteroatoms. The van der Waals surface area contributed by atoms with Crippen molar-refractivity contribution in [2.45, 2.75) is 6.61 Å². The van der Waals surface area contributed by atoms with Crippen LogP contribution >= 0.6 is 15.9 Å². The fraction of sp³-hybridized carbons (Fsp3) is 0.0714. The maximum absolute atomic E-state index is 5.75. The highest BCUT2D eigenvalue weighted by molar-refractivity contribution is 9.10. The molecule has 3 nitrogen and oxygen atoms in total. The third kappa shape index (κ3) is 2.38. The zero-order chi connectivity index (χ0) is 12.4. The highest BCUT2D eigenvalue weighted by Gasteiger charge is 1.99. The molecule has 0 amide bonds. The minimum Gasteiger partial charge on any atom is -0.489 e. The lowest BCUT2D eigenvalue weighted by molar-refractivity contribution is 0.306. The van der Waals surface area contributed by atoms with Crippen LogP contribution in [0.2, 0.25) is 0 Å². The van der Waals surface area contributed by atoms with E-state index >= 15 is 0 Å². The molecule has 1 aromatic heterocycles. The van der Waals surface area contributed by atoms with Crippen molar-refractivity contribution in [3.63, 3.8) is 0 Å². The molecule has 0 saturated heterocycles. The number of nitrogens with one attached hydrogen (secondary N) is 1. The van der Waals surface area contributed by atoms with Gasteiger partial charge in [0.25, 0.3) is 0 Å². The molecule has 1 N–H and O–H groups in total. The first-order valence-electron chi connectivity index (χ1n) is 5.62. The zero-order valence-corrected chi connectivity index (χ0v) is 11.1. The molecule has 3 rings (SSSR count). The number of fused-ring (bicyclic) bond motifs is 1. The van der Waals surface area contributed by atoms with Crippen molar-refractivity contribution in [1.82, 2.24) is 10.2 Å². The average molecular weight is 303 g/mol. The third-order valence-corrected chi connectivity index (χ3v) is 3.26. The van der Waals surface area contributed by atoms with Crippen molar-refractivity contribution < 1.29 is 4.74 Å². The second-order valence-electron chi connectivity index (χ2n) is 4.03. The lowest BCUT2D eigenvalue weighted by atomic mass is 10.2. The highest BCUT2D eigenvalue weighted by Crippen LogP contribution is 2.20. The Morgan fingerprint density at radius 3 is 2.78 bits per heavy atom. The smallest absolute Gasteiger partial charge is 0.121 e. The van der Waals surface area contributed by atoms with E-state index in [0.29, 0.717) is 6.61 Å². The van der Waals surface area contributed by atoms with Gasteiger partial charge in [0, 0.05) is 15.9 Å². The van der Waals surface area contributed by atoms with Gasteiger partial charge in [-0.25, -0.2) is 0 Å². The zero-order valence-electron chi connectivity index (χ0n) is 9.56. The first kappa shape index (κ1) is 11.3. The van der Waals surface area contributed by atoms with Gasteiger partial charge in [0.1, 0.15) is 12.4 Å². The largest absolute Gasteiger partial charge is 0.489 e. The quantitative estimate of drug-likeness (QED) is 0.796. The van der Waals surface area contributed by atoms with Crippen molar-refractivity contribution >= 4 is 26.8 Å². The van der Waals surface area contributed by atoms with Gasteiger partial charge in [-0.15, -0.1) is 0 Å². The third-order valence-electron chi connectivity index (χ3n) is 2.73. The standard InChI is InChI=1S/C14H11BrN2O/c15-12-4-1-10(2-5-12)9-18-13-6-3-11-8-16-17-14(11)7-13/h1-8H,9H2,(H,16,17). The number of nitrogens with zero attached hydrogens (tertiary/aromatic N) is 1. The van der Waals surface area contributed by atoms with Gasteiger partial charge in [-0.1, -0.05) is 28.1 Å². The van der Waals surface area contributed by atoms with Gasteiger partial charge in [-0.2, -0.15) is 5.10 Å². The molecular formula is C14H11BrN2O. The minimum atomic E-state index is 0.562. The number of aromatic amines is 1. The number of rotatable bonds is 3. The first-order chi connectivity index (χ1) is 8.81. The Bertz CT molecular complexity index is 661. The van der Waals surface area contributed by atoms with Crippen molar-refractivity contribution in [3.8, 4) is 5.75 Å². The van der Waals surface area contributed by atoms with E-state index in [1.54, 1.807) is 6.20 Å². The Kier molecular flexibility index (Phi) is 3.02. The van der Waals surface area contributed by atoms with Gasteiger partial charge < -0.3 is 4.74 Å². The number of halogens is 1. The summed E-state index contributed by atoms with van der Waals surface area (Å²) in [5.41, 5.74) is 2.13. The summed E-state index contributed by atoms with van der Waals surface area (Å²) in [7, 11) is 0. The minimum absolute atomic E-state index is 0.562. The summed E-state index contributed by atoms with van der Waals surface area (Å²) in [6.45, 7) is 0.562. The summed E-state index contributed by atoms with van der Waals surface area (Å²) in [4.78, 5) is 0. The van der Waals surface area contributed by atoms with Gasteiger partial charge in [0.15, 0.2) is 0 Å². The van der Waals surface area contributed by atoms with Gasteiger partial charge in [-0.05, 0) is 29.8 Å². The maximum atomic E-state index is 5.75. The van der Waals surface area contributed by atoms with Crippen LogP contribution in [0.4, 0.5) is 0 Å². The van der Waals surface area contributed by atoms with E-state index in [9.17, 15) is 0 Å². The number of hydrogen-bond acceptors (Lipinski definition) is 2. The number of hydrogen-bond donors (Lipinski definition) is 1. The number of aromatic nitrogens is 2. The van der Waals surface area contributed by atoms with Crippen LogP contribution in [0.1, 0.15) is 5.56 Å². The molecule has 18 heavy (non-hydrogen) atoms. The highest BCUT2D eigenvalue weighted by atomic mass is 79.9. The molecule has 0 fully saturated rings. The molecule has 0 atom stereocenters. The Balaban J connectivity index is 1.74. The van der Waals surface area contributed by atoms with E-state index in [2.05, 4.69) is 26.1 Å². The molecule has 0 aliphatic carbocycles. The molecule has 0 saturated carbocycles. The first-order valence-corrected chi connectivity index (χ1v) is 6.41. The molecule has 0 aliphatic heterocycles. The fourth-order valence-electron chi connectivity index (χ4n) is 1.75. The van der Waals surface area contributed by atoms with Gasteiger partial charge in [0.2, 0.25) is 0 Å². The summed E-state index contributed by atoms with van der Waals surface area (Å²) < 4.78 is 6.82. The fourth-order valence-corrected chi connectivity index (χ4v) is 2.02. The Hall–Kier alpha value is -1.81. The van der Waals surface area contributed by atoms with E-state index in [-0.39, 0.29) is 0 Å². The average Bonchev–Trinajstić information content (AvgIpc) is 2.85. The van der Waals surface area contributed by atoms with E-state index in [1.165, 1.54) is 0 Å². The van der Waals surface area contributed by atoms with Crippen LogP contribution < -0.4 is 4.74 Å². The van der Waals surface area contributed by atoms with Crippen LogP contribution in [-0.2, 0) is 6.61 Å². The van der Waals surface area contributed by atoms with Crippen LogP contribution in [0.5, 0.6) is 5.75 Å². The summed E-state index contributed by atoms with van der Waals surface area (Å²) >= 11 is 3.41. The van der Waals surface area contributed by atoms with Gasteiger partial charge >= 0.3 is 0 Å². The molecule has 1 heterocycles. The van der Waals surface area contributed by atoms with Crippen LogP contribution in [0.3, 0.4) is 0 Å². The molecule has 0 aliphatic rings. The summed E-state index contributed by atoms with van der Waals surface area (Å²) in [5, 5.41) is 8.00. The number of benzene rings is 2. The summed E-state index contributed by atoms with van der Waals surface area (Å²) in [5.74, 6) is 0.842. The molecule has 90 valence electrons. The topological polar surface area (TPSA) is 37.9 Å². The molecular weight excluding hydrogens is 292 g/mol. The molecule has 0 unspecified atom stereocenters. The van der Waals surface area contributed by atoms with Gasteiger partial charge in [-0.3, -0.25) is 5.10 Å². The van der Waals surface area contributed by atoms with E-state index in [0.717, 1.165) is 26.7 Å². The SMILES string of the molecule is Brc1ccc(COc2ccc3cn[nH]c3c2)cc1. The molecule has 3 aromatic rings. The molecule has 2 aromatic carbocycles. The van der Waals surface area contributed by atoms with Gasteiger partial charge in [0.05, 0.1) is 11.7 Å². The molecule has 0 bridgehead atoms. The number of H-pyrrole nitrogens is 1. The second kappa shape index (κ2) is 4.82. The van der Waals surface area contributed by atoms with Crippen LogP contribution in [-0.4, -0.2) is 10.2 Å². The Morgan fingerprint density at radius 2 is 1.94 bits per heavy atom. The summed E-state index contributed by atoms with van der Waals surface area (Å²) in [6, 6.07) is 14.0. The predicted octanol–water partition coefficient (Wildman–Crippen LogP) is 3.90. The normalized spacial score (nSPS) is 10.7. The van der Waals surface area contributed by atoms with Crippen LogP contribution in [0.15, 0.2) is 53.1 Å². The maximum Gasteiger partial charge on any atom is 0.121 e. The van der Waals surface area contributed by atoms with E-state index in [1.807, 2.05) is 42.5 Å². The monoisotopic (exact) mass is 302 g/mol. The Morgan fingerprint density at radius 1 is 1.11 bits per heavy atom. The van der Waals surface area contributed by atoms with Crippen molar-refractivity contribution in [3.05, 3.63) is 58.7 Å². The lowest BCUT2D eigenvalue weighted by Crippen LogP contribution is -1.94. The van der Waals surface area contributed by atoms with Crippen molar-refractivity contribution in [1.29, 1.82) is 0 Å². The second-order valence-corrected chi connectivity index (χ2v) is 4.95. The molecule has 0 radical (unpaired) electrons. The number of ether oxygens (including phenoxy) is 1. The van der Waals surface area contributed by atoms with Crippen LogP contribution in [0, 0.1) is 0 Å². The van der Waals surface area contributed by atoms with Crippen LogP contribution in [0.25, 0.3) is 10.9 Å². The predicted molar refractivity (Wildman–Crippen MR) is 74.6 cm³/mol. The van der Waals surface area contributed by atoms with E-state index in [4.69, 9.17) is 4.74 Å². The lowest BCUT2D eigenvalue weighted by Gasteiger charge is -2.06. The van der Waals surface area contributed by atoms with E-state index < -0.39 is 0 Å². The molecule has 0 spiro atoms. The Labute approximate surface area is 113 Å². The van der Waals surface area contributed by atoms with Crippen molar-refractivity contribution in [2.24, 2.45) is 0 Å². The summed E-state index contributed by atoms with van der Waals surface area (Å²) in [6.07, 6.45) is 1.80.